The third-order valence-electron chi connectivity index (χ3n) is 2.14. The van der Waals surface area contributed by atoms with E-state index in [4.69, 9.17) is 5.73 Å². The van der Waals surface area contributed by atoms with Crippen molar-refractivity contribution in [2.24, 2.45) is 5.92 Å². The van der Waals surface area contributed by atoms with Gasteiger partial charge in [0.25, 0.3) is 5.56 Å². The van der Waals surface area contributed by atoms with Gasteiger partial charge in [-0.3, -0.25) is 14.3 Å². The van der Waals surface area contributed by atoms with Crippen LogP contribution in [0, 0.1) is 5.92 Å². The second kappa shape index (κ2) is 4.87. The van der Waals surface area contributed by atoms with Gasteiger partial charge in [-0.05, 0) is 12.8 Å². The molecule has 1 rings (SSSR count). The summed E-state index contributed by atoms with van der Waals surface area (Å²) < 4.78 is 1.38. The largest absolute Gasteiger partial charge is 0.383 e. The van der Waals surface area contributed by atoms with Gasteiger partial charge in [-0.25, -0.2) is 4.79 Å². The average molecular weight is 226 g/mol. The minimum absolute atomic E-state index is 0.198. The lowest BCUT2D eigenvalue weighted by molar-refractivity contribution is 0.508. The first-order valence-corrected chi connectivity index (χ1v) is 5.33. The molecule has 6 heteroatoms. The van der Waals surface area contributed by atoms with Gasteiger partial charge in [0, 0.05) is 13.1 Å². The molecule has 0 aliphatic carbocycles. The summed E-state index contributed by atoms with van der Waals surface area (Å²) in [6.07, 6.45) is 0. The molecule has 0 aromatic carbocycles. The summed E-state index contributed by atoms with van der Waals surface area (Å²) in [7, 11) is 0. The van der Waals surface area contributed by atoms with E-state index in [1.807, 2.05) is 20.8 Å². The minimum Gasteiger partial charge on any atom is -0.383 e. The number of aromatic amines is 1. The summed E-state index contributed by atoms with van der Waals surface area (Å²) in [6.45, 7) is 6.87. The Labute approximate surface area is 93.5 Å². The fraction of sp³-hybridized carbons (Fsp3) is 0.600. The molecule has 0 bridgehead atoms. The maximum atomic E-state index is 11.6. The van der Waals surface area contributed by atoms with Crippen molar-refractivity contribution in [2.45, 2.75) is 27.3 Å². The van der Waals surface area contributed by atoms with Gasteiger partial charge in [0.05, 0.1) is 0 Å². The number of nitrogens with one attached hydrogen (secondary N) is 2. The molecular formula is C10H18N4O2. The van der Waals surface area contributed by atoms with E-state index >= 15 is 0 Å². The van der Waals surface area contributed by atoms with Gasteiger partial charge < -0.3 is 11.1 Å². The first kappa shape index (κ1) is 12.4. The summed E-state index contributed by atoms with van der Waals surface area (Å²) in [5, 5.41) is 2.86. The number of hydrogen-bond acceptors (Lipinski definition) is 4. The van der Waals surface area contributed by atoms with E-state index in [0.29, 0.717) is 13.1 Å². The van der Waals surface area contributed by atoms with Gasteiger partial charge in [0.1, 0.15) is 11.5 Å². The smallest absolute Gasteiger partial charge is 0.330 e. The van der Waals surface area contributed by atoms with Crippen molar-refractivity contribution < 1.29 is 0 Å². The van der Waals surface area contributed by atoms with Crippen molar-refractivity contribution in [3.63, 3.8) is 0 Å². The Bertz CT molecular complexity index is 473. The van der Waals surface area contributed by atoms with Crippen molar-refractivity contribution in [3.05, 3.63) is 20.8 Å². The number of nitrogens with two attached hydrogens (primary N) is 1. The summed E-state index contributed by atoms with van der Waals surface area (Å²) in [6, 6.07) is 0. The molecule has 0 unspecified atom stereocenters. The monoisotopic (exact) mass is 226 g/mol. The van der Waals surface area contributed by atoms with Crippen molar-refractivity contribution in [1.29, 1.82) is 0 Å². The van der Waals surface area contributed by atoms with Crippen LogP contribution in [0.4, 0.5) is 11.5 Å². The standard InChI is InChI=1S/C10H18N4O2/c1-4-12-7-8(11)14(5-6(2)3)10(16)13-9(7)15/h6,12H,4-5,11H2,1-3H3,(H,13,15,16). The summed E-state index contributed by atoms with van der Waals surface area (Å²) in [5.41, 5.74) is 5.14. The molecule has 0 radical (unpaired) electrons. The van der Waals surface area contributed by atoms with Gasteiger partial charge in [-0.15, -0.1) is 0 Å². The van der Waals surface area contributed by atoms with Crippen LogP contribution >= 0.6 is 0 Å². The molecule has 0 spiro atoms. The number of rotatable bonds is 4. The van der Waals surface area contributed by atoms with Crippen LogP contribution in [-0.4, -0.2) is 16.1 Å². The molecule has 4 N–H and O–H groups in total. The molecule has 1 heterocycles. The Morgan fingerprint density at radius 2 is 2.06 bits per heavy atom. The third kappa shape index (κ3) is 2.44. The Kier molecular flexibility index (Phi) is 3.76. The molecule has 0 fully saturated rings. The summed E-state index contributed by atoms with van der Waals surface area (Å²) in [4.78, 5) is 25.3. The van der Waals surface area contributed by atoms with Crippen LogP contribution in [0.1, 0.15) is 20.8 Å². The molecule has 1 aromatic rings. The highest BCUT2D eigenvalue weighted by Crippen LogP contribution is 2.11. The van der Waals surface area contributed by atoms with Crippen LogP contribution in [0.5, 0.6) is 0 Å². The number of anilines is 2. The van der Waals surface area contributed by atoms with Crippen LogP contribution in [0.2, 0.25) is 0 Å². The van der Waals surface area contributed by atoms with Crippen molar-refractivity contribution in [3.8, 4) is 0 Å². The fourth-order valence-electron chi connectivity index (χ4n) is 1.48. The molecule has 0 aliphatic rings. The first-order chi connectivity index (χ1) is 7.47. The Balaban J connectivity index is 3.33. The van der Waals surface area contributed by atoms with Crippen molar-refractivity contribution >= 4 is 11.5 Å². The molecule has 0 saturated carbocycles. The molecule has 16 heavy (non-hydrogen) atoms. The van der Waals surface area contributed by atoms with Crippen LogP contribution in [-0.2, 0) is 6.54 Å². The highest BCUT2D eigenvalue weighted by atomic mass is 16.2. The van der Waals surface area contributed by atoms with E-state index in [2.05, 4.69) is 10.3 Å². The summed E-state index contributed by atoms with van der Waals surface area (Å²) in [5.74, 6) is 0.477. The molecular weight excluding hydrogens is 208 g/mol. The van der Waals surface area contributed by atoms with Crippen LogP contribution < -0.4 is 22.3 Å². The lowest BCUT2D eigenvalue weighted by atomic mass is 10.2. The van der Waals surface area contributed by atoms with Gasteiger partial charge in [-0.2, -0.15) is 0 Å². The third-order valence-corrected chi connectivity index (χ3v) is 2.14. The molecule has 90 valence electrons. The Hall–Kier alpha value is -1.72. The second-order valence-electron chi connectivity index (χ2n) is 4.05. The predicted octanol–water partition coefficient (Wildman–Crippen LogP) is 0.207. The Morgan fingerprint density at radius 1 is 1.44 bits per heavy atom. The maximum Gasteiger partial charge on any atom is 0.330 e. The number of aromatic nitrogens is 2. The van der Waals surface area contributed by atoms with E-state index in [-0.39, 0.29) is 17.4 Å². The van der Waals surface area contributed by atoms with E-state index in [1.54, 1.807) is 0 Å². The lowest BCUT2D eigenvalue weighted by Crippen LogP contribution is -2.35. The molecule has 1 aromatic heterocycles. The Morgan fingerprint density at radius 3 is 2.56 bits per heavy atom. The molecule has 0 atom stereocenters. The van der Waals surface area contributed by atoms with E-state index < -0.39 is 11.2 Å². The number of hydrogen-bond donors (Lipinski definition) is 3. The fourth-order valence-corrected chi connectivity index (χ4v) is 1.48. The lowest BCUT2D eigenvalue weighted by Gasteiger charge is -2.14. The first-order valence-electron chi connectivity index (χ1n) is 5.33. The van der Waals surface area contributed by atoms with E-state index in [1.165, 1.54) is 4.57 Å². The molecule has 0 aliphatic heterocycles. The molecule has 6 nitrogen and oxygen atoms in total. The number of nitrogens with zero attached hydrogens (tertiary/aromatic N) is 1. The predicted molar refractivity (Wildman–Crippen MR) is 64.7 cm³/mol. The zero-order chi connectivity index (χ0) is 12.3. The number of H-pyrrole nitrogens is 1. The second-order valence-corrected chi connectivity index (χ2v) is 4.05. The zero-order valence-electron chi connectivity index (χ0n) is 9.83. The number of nitrogen functional groups attached to an aromatic ring is 1. The quantitative estimate of drug-likeness (QED) is 0.684. The van der Waals surface area contributed by atoms with Gasteiger partial charge >= 0.3 is 5.69 Å². The minimum atomic E-state index is -0.468. The molecule has 0 saturated heterocycles. The van der Waals surface area contributed by atoms with Crippen molar-refractivity contribution in [1.82, 2.24) is 9.55 Å². The van der Waals surface area contributed by atoms with Crippen LogP contribution in [0.3, 0.4) is 0 Å². The van der Waals surface area contributed by atoms with Crippen molar-refractivity contribution in [2.75, 3.05) is 17.6 Å². The maximum absolute atomic E-state index is 11.6. The van der Waals surface area contributed by atoms with Crippen LogP contribution in [0.25, 0.3) is 0 Å². The SMILES string of the molecule is CCNc1c(N)n(CC(C)C)c(=O)[nH]c1=O. The van der Waals surface area contributed by atoms with Crippen LogP contribution in [0.15, 0.2) is 9.59 Å². The molecule has 0 amide bonds. The van der Waals surface area contributed by atoms with Gasteiger partial charge in [0.15, 0.2) is 0 Å². The van der Waals surface area contributed by atoms with E-state index in [0.717, 1.165) is 0 Å². The normalized spacial score (nSPS) is 10.8. The highest BCUT2D eigenvalue weighted by molar-refractivity contribution is 5.60. The highest BCUT2D eigenvalue weighted by Gasteiger charge is 2.11. The van der Waals surface area contributed by atoms with Gasteiger partial charge in [-0.1, -0.05) is 13.8 Å². The zero-order valence-corrected chi connectivity index (χ0v) is 9.83. The topological polar surface area (TPSA) is 92.9 Å². The van der Waals surface area contributed by atoms with E-state index in [9.17, 15) is 9.59 Å². The summed E-state index contributed by atoms with van der Waals surface area (Å²) >= 11 is 0. The van der Waals surface area contributed by atoms with Gasteiger partial charge in [0.2, 0.25) is 0 Å². The average Bonchev–Trinajstić information content (AvgIpc) is 2.19.